The lowest BCUT2D eigenvalue weighted by molar-refractivity contribution is 0.424. The van der Waals surface area contributed by atoms with Gasteiger partial charge >= 0.3 is 0 Å². The monoisotopic (exact) mass is 351 g/mol. The van der Waals surface area contributed by atoms with Crippen molar-refractivity contribution >= 4 is 38.5 Å². The fraction of sp³-hybridized carbons (Fsp3) is 0. The van der Waals surface area contributed by atoms with Crippen molar-refractivity contribution in [3.63, 3.8) is 0 Å². The molecule has 2 heterocycles. The summed E-state index contributed by atoms with van der Waals surface area (Å²) < 4.78 is 6.45. The van der Waals surface area contributed by atoms with Gasteiger partial charge < -0.3 is 4.52 Å². The van der Waals surface area contributed by atoms with Gasteiger partial charge in [-0.2, -0.15) is 4.98 Å². The number of nitrogens with zero attached hydrogens (tertiary/aromatic N) is 3. The molecule has 6 heteroatoms. The van der Waals surface area contributed by atoms with Crippen LogP contribution in [0, 0.1) is 3.83 Å². The van der Waals surface area contributed by atoms with Crippen LogP contribution in [-0.2, 0) is 0 Å². The van der Waals surface area contributed by atoms with Crippen LogP contribution >= 0.6 is 38.5 Å². The molecule has 0 bridgehead atoms. The SMILES string of the molecule is Brc1ccc(-c2nc(I)no2)nc1. The van der Waals surface area contributed by atoms with Crippen LogP contribution in [0.3, 0.4) is 0 Å². The van der Waals surface area contributed by atoms with Gasteiger partial charge in [0.05, 0.1) is 0 Å². The summed E-state index contributed by atoms with van der Waals surface area (Å²) in [4.78, 5) is 8.16. The van der Waals surface area contributed by atoms with Crippen molar-refractivity contribution < 1.29 is 4.52 Å². The van der Waals surface area contributed by atoms with Crippen LogP contribution in [0.4, 0.5) is 0 Å². The van der Waals surface area contributed by atoms with Crippen molar-refractivity contribution in [1.82, 2.24) is 15.1 Å². The fourth-order valence-corrected chi connectivity index (χ4v) is 1.36. The number of halogens is 2. The van der Waals surface area contributed by atoms with Gasteiger partial charge in [-0.1, -0.05) is 5.16 Å². The normalized spacial score (nSPS) is 10.3. The average molecular weight is 352 g/mol. The lowest BCUT2D eigenvalue weighted by Gasteiger charge is -1.91. The molecule has 0 fully saturated rings. The molecule has 4 nitrogen and oxygen atoms in total. The molecule has 66 valence electrons. The van der Waals surface area contributed by atoms with Crippen molar-refractivity contribution in [3.05, 3.63) is 26.6 Å². The van der Waals surface area contributed by atoms with Gasteiger partial charge in [-0.15, -0.1) is 0 Å². The zero-order valence-electron chi connectivity index (χ0n) is 6.24. The third kappa shape index (κ3) is 2.05. The van der Waals surface area contributed by atoms with E-state index in [0.717, 1.165) is 4.47 Å². The first-order chi connectivity index (χ1) is 6.25. The van der Waals surface area contributed by atoms with Crippen molar-refractivity contribution in [2.45, 2.75) is 0 Å². The summed E-state index contributed by atoms with van der Waals surface area (Å²) in [5.74, 6) is 0.442. The molecule has 0 saturated carbocycles. The summed E-state index contributed by atoms with van der Waals surface area (Å²) >= 11 is 5.27. The third-order valence-corrected chi connectivity index (χ3v) is 2.26. The van der Waals surface area contributed by atoms with E-state index in [1.165, 1.54) is 0 Å². The van der Waals surface area contributed by atoms with Gasteiger partial charge in [-0.05, 0) is 28.1 Å². The number of hydrogen-bond donors (Lipinski definition) is 0. The molecule has 2 aromatic rings. The van der Waals surface area contributed by atoms with Gasteiger partial charge in [0.2, 0.25) is 3.83 Å². The average Bonchev–Trinajstić information content (AvgIpc) is 2.53. The molecule has 2 aromatic heterocycles. The fourth-order valence-electron chi connectivity index (χ4n) is 0.812. The highest BCUT2D eigenvalue weighted by Gasteiger charge is 2.07. The van der Waals surface area contributed by atoms with E-state index in [1.807, 2.05) is 34.7 Å². The van der Waals surface area contributed by atoms with Crippen LogP contribution in [0.25, 0.3) is 11.6 Å². The molecule has 0 aliphatic rings. The Bertz CT molecular complexity index is 414. The maximum Gasteiger partial charge on any atom is 0.277 e. The van der Waals surface area contributed by atoms with Gasteiger partial charge in [-0.3, -0.25) is 0 Å². The Kier molecular flexibility index (Phi) is 2.58. The third-order valence-electron chi connectivity index (χ3n) is 1.35. The number of pyridine rings is 1. The Labute approximate surface area is 96.0 Å². The van der Waals surface area contributed by atoms with Crippen LogP contribution in [0.5, 0.6) is 0 Å². The minimum absolute atomic E-state index is 0.442. The first-order valence-electron chi connectivity index (χ1n) is 3.37. The van der Waals surface area contributed by atoms with Gasteiger partial charge in [0.1, 0.15) is 5.69 Å². The first-order valence-corrected chi connectivity index (χ1v) is 5.24. The quantitative estimate of drug-likeness (QED) is 0.741. The van der Waals surface area contributed by atoms with Crippen LogP contribution in [-0.4, -0.2) is 15.1 Å². The molecule has 0 aliphatic heterocycles. The minimum Gasteiger partial charge on any atom is -0.331 e. The maximum absolute atomic E-state index is 4.94. The molecule has 0 N–H and O–H groups in total. The maximum atomic E-state index is 4.94. The lowest BCUT2D eigenvalue weighted by atomic mass is 10.3. The molecule has 2 rings (SSSR count). The minimum atomic E-state index is 0.442. The molecule has 0 atom stereocenters. The van der Waals surface area contributed by atoms with E-state index in [0.29, 0.717) is 15.4 Å². The zero-order valence-corrected chi connectivity index (χ0v) is 9.98. The summed E-state index contributed by atoms with van der Waals surface area (Å²) in [6.45, 7) is 0. The number of hydrogen-bond acceptors (Lipinski definition) is 4. The number of rotatable bonds is 1. The van der Waals surface area contributed by atoms with Crippen molar-refractivity contribution in [1.29, 1.82) is 0 Å². The Morgan fingerprint density at radius 1 is 1.38 bits per heavy atom. The van der Waals surface area contributed by atoms with E-state index in [9.17, 15) is 0 Å². The largest absolute Gasteiger partial charge is 0.331 e. The van der Waals surface area contributed by atoms with E-state index in [-0.39, 0.29) is 0 Å². The topological polar surface area (TPSA) is 51.8 Å². The molecule has 13 heavy (non-hydrogen) atoms. The van der Waals surface area contributed by atoms with Crippen LogP contribution in [0.1, 0.15) is 0 Å². The molecule has 0 unspecified atom stereocenters. The summed E-state index contributed by atoms with van der Waals surface area (Å²) in [5.41, 5.74) is 0.679. The summed E-state index contributed by atoms with van der Waals surface area (Å²) in [6, 6.07) is 3.69. The van der Waals surface area contributed by atoms with E-state index in [4.69, 9.17) is 4.52 Å². The Morgan fingerprint density at radius 2 is 2.23 bits per heavy atom. The predicted octanol–water partition coefficient (Wildman–Crippen LogP) is 2.50. The Morgan fingerprint density at radius 3 is 2.77 bits per heavy atom. The standard InChI is InChI=1S/C7H3BrIN3O/c8-4-1-2-5(10-3-4)6-11-7(9)12-13-6/h1-3H. The predicted molar refractivity (Wildman–Crippen MR) is 57.9 cm³/mol. The van der Waals surface area contributed by atoms with Crippen LogP contribution in [0.15, 0.2) is 27.3 Å². The smallest absolute Gasteiger partial charge is 0.277 e. The molecule has 0 saturated heterocycles. The summed E-state index contributed by atoms with van der Waals surface area (Å²) in [5, 5.41) is 3.66. The molecule has 0 amide bonds. The van der Waals surface area contributed by atoms with Crippen LogP contribution < -0.4 is 0 Å². The van der Waals surface area contributed by atoms with Gasteiger partial charge in [-0.25, -0.2) is 4.98 Å². The molecule has 0 spiro atoms. The second-order valence-electron chi connectivity index (χ2n) is 2.23. The van der Waals surface area contributed by atoms with E-state index >= 15 is 0 Å². The lowest BCUT2D eigenvalue weighted by Crippen LogP contribution is -1.82. The van der Waals surface area contributed by atoms with Crippen molar-refractivity contribution in [2.75, 3.05) is 0 Å². The van der Waals surface area contributed by atoms with E-state index < -0.39 is 0 Å². The van der Waals surface area contributed by atoms with Gasteiger partial charge in [0, 0.05) is 33.3 Å². The Balaban J connectivity index is 2.41. The summed E-state index contributed by atoms with van der Waals surface area (Å²) in [7, 11) is 0. The van der Waals surface area contributed by atoms with E-state index in [2.05, 4.69) is 31.1 Å². The molecule has 0 radical (unpaired) electrons. The zero-order chi connectivity index (χ0) is 9.26. The first kappa shape index (κ1) is 9.07. The molecular formula is C7H3BrIN3O. The molecule has 0 aromatic carbocycles. The van der Waals surface area contributed by atoms with Crippen molar-refractivity contribution in [2.24, 2.45) is 0 Å². The summed E-state index contributed by atoms with van der Waals surface area (Å²) in [6.07, 6.45) is 1.69. The van der Waals surface area contributed by atoms with Crippen LogP contribution in [0.2, 0.25) is 0 Å². The number of aromatic nitrogens is 3. The second kappa shape index (κ2) is 3.70. The van der Waals surface area contributed by atoms with Crippen molar-refractivity contribution in [3.8, 4) is 11.6 Å². The van der Waals surface area contributed by atoms with E-state index in [1.54, 1.807) is 6.20 Å². The van der Waals surface area contributed by atoms with Gasteiger partial charge in [0.25, 0.3) is 5.89 Å². The molecule has 0 aliphatic carbocycles. The second-order valence-corrected chi connectivity index (χ2v) is 4.11. The highest BCUT2D eigenvalue weighted by molar-refractivity contribution is 14.1. The highest BCUT2D eigenvalue weighted by atomic mass is 127. The molecular weight excluding hydrogens is 349 g/mol. The van der Waals surface area contributed by atoms with Gasteiger partial charge in [0.15, 0.2) is 0 Å². The highest BCUT2D eigenvalue weighted by Crippen LogP contribution is 2.16. The Hall–Kier alpha value is -0.500.